The number of aliphatic imine (C=N–C) groups is 1. The Balaban J connectivity index is 0.00000134. The molecular weight excluding hydrogens is 522 g/mol. The third-order valence-electron chi connectivity index (χ3n) is 6.90. The Morgan fingerprint density at radius 3 is 2.24 bits per heavy atom. The number of likely N-dealkylation sites (N-methyl/N-ethyl adjacent to an activating group) is 1. The first kappa shape index (κ1) is 38.8. The van der Waals surface area contributed by atoms with E-state index in [0.717, 1.165) is 68.9 Å². The highest BCUT2D eigenvalue weighted by Crippen LogP contribution is 2.26. The Hall–Kier alpha value is -3.16. The zero-order valence-corrected chi connectivity index (χ0v) is 28.2. The highest BCUT2D eigenvalue weighted by atomic mass is 16.2. The zero-order chi connectivity index (χ0) is 32.1. The summed E-state index contributed by atoms with van der Waals surface area (Å²) in [6, 6.07) is 8.48. The van der Waals surface area contributed by atoms with Gasteiger partial charge < -0.3 is 20.2 Å². The first-order chi connectivity index (χ1) is 20.4. The average molecular weight is 582 g/mol. The summed E-state index contributed by atoms with van der Waals surface area (Å²) in [5.41, 5.74) is 5.86. The molecular formula is C35H59N5O2. The number of carbonyl (C=O) groups excluding carboxylic acids is 1. The SMILES string of the molecule is C=CC(CC)CN1CC(=O)N(Cc2ccc(C3=NCCN3C)cc2)C2=CCNC=C2C1.CC.CC.CC=C(C)C.CO. The van der Waals surface area contributed by atoms with Gasteiger partial charge in [-0.2, -0.15) is 0 Å². The first-order valence-electron chi connectivity index (χ1n) is 15.5. The van der Waals surface area contributed by atoms with Crippen LogP contribution in [0.1, 0.15) is 72.9 Å². The Kier molecular flexibility index (Phi) is 20.8. The predicted molar refractivity (Wildman–Crippen MR) is 182 cm³/mol. The highest BCUT2D eigenvalue weighted by Gasteiger charge is 2.30. The van der Waals surface area contributed by atoms with E-state index in [-0.39, 0.29) is 5.91 Å². The van der Waals surface area contributed by atoms with Gasteiger partial charge in [0, 0.05) is 63.4 Å². The summed E-state index contributed by atoms with van der Waals surface area (Å²) in [6.07, 6.45) is 9.33. The molecule has 1 aromatic carbocycles. The van der Waals surface area contributed by atoms with Crippen molar-refractivity contribution in [3.8, 4) is 0 Å². The molecule has 42 heavy (non-hydrogen) atoms. The third kappa shape index (κ3) is 12.4. The van der Waals surface area contributed by atoms with E-state index >= 15 is 0 Å². The van der Waals surface area contributed by atoms with Crippen LogP contribution < -0.4 is 5.32 Å². The molecule has 1 unspecified atom stereocenters. The van der Waals surface area contributed by atoms with Gasteiger partial charge in [0.15, 0.2) is 0 Å². The standard InChI is InChI=1S/C25H33N5O.C5H10.2C2H6.CH4O/c1-4-19(5-2)15-29-17-22-14-26-11-10-23(22)30(24(31)18-29)16-20-6-8-21(9-7-20)25-27-12-13-28(25)3;1-4-5(2)3;3*1-2/h4,6-10,14,19,26H,1,5,11-13,15-18H2,2-3H3;4H,1-3H3;2*1-2H3;2H,1H3. The molecule has 0 saturated carbocycles. The maximum absolute atomic E-state index is 13.3. The fraction of sp³-hybridized carbons (Fsp3) is 0.543. The molecule has 0 radical (unpaired) electrons. The van der Waals surface area contributed by atoms with Crippen LogP contribution in [0.5, 0.6) is 0 Å². The molecule has 1 aromatic rings. The van der Waals surface area contributed by atoms with Gasteiger partial charge in [-0.05, 0) is 44.7 Å². The fourth-order valence-corrected chi connectivity index (χ4v) is 4.45. The number of amidine groups is 1. The summed E-state index contributed by atoms with van der Waals surface area (Å²) in [5, 5.41) is 10.3. The maximum atomic E-state index is 13.3. The van der Waals surface area contributed by atoms with Crippen LogP contribution in [0.25, 0.3) is 0 Å². The van der Waals surface area contributed by atoms with E-state index in [1.165, 1.54) is 11.1 Å². The fourth-order valence-electron chi connectivity index (χ4n) is 4.45. The number of hydrogen-bond acceptors (Lipinski definition) is 6. The van der Waals surface area contributed by atoms with Crippen LogP contribution >= 0.6 is 0 Å². The molecule has 3 heterocycles. The average Bonchev–Trinajstić information content (AvgIpc) is 3.42. The summed E-state index contributed by atoms with van der Waals surface area (Å²) >= 11 is 0. The maximum Gasteiger partial charge on any atom is 0.241 e. The lowest BCUT2D eigenvalue weighted by molar-refractivity contribution is -0.130. The Morgan fingerprint density at radius 1 is 1.12 bits per heavy atom. The van der Waals surface area contributed by atoms with Crippen LogP contribution in [0.15, 0.2) is 77.1 Å². The smallest absolute Gasteiger partial charge is 0.241 e. The molecule has 0 aliphatic carbocycles. The van der Waals surface area contributed by atoms with Crippen LogP contribution in [0.3, 0.4) is 0 Å². The van der Waals surface area contributed by atoms with Crippen molar-refractivity contribution >= 4 is 11.7 Å². The number of aliphatic hydroxyl groups excluding tert-OH is 1. The second-order valence-electron chi connectivity index (χ2n) is 9.91. The minimum Gasteiger partial charge on any atom is -0.400 e. The normalized spacial score (nSPS) is 16.3. The number of carbonyl (C=O) groups is 1. The van der Waals surface area contributed by atoms with Crippen molar-refractivity contribution in [1.29, 1.82) is 0 Å². The van der Waals surface area contributed by atoms with E-state index < -0.39 is 0 Å². The molecule has 0 bridgehead atoms. The minimum atomic E-state index is 0.152. The van der Waals surface area contributed by atoms with Gasteiger partial charge in [0.1, 0.15) is 5.84 Å². The van der Waals surface area contributed by atoms with E-state index in [2.05, 4.69) is 97.1 Å². The molecule has 0 aromatic heterocycles. The topological polar surface area (TPSA) is 71.4 Å². The lowest BCUT2D eigenvalue weighted by Crippen LogP contribution is -2.37. The van der Waals surface area contributed by atoms with Gasteiger partial charge in [-0.25, -0.2) is 0 Å². The lowest BCUT2D eigenvalue weighted by Gasteiger charge is -2.26. The number of dihydropyridines is 1. The van der Waals surface area contributed by atoms with Gasteiger partial charge in [0.2, 0.25) is 5.91 Å². The summed E-state index contributed by atoms with van der Waals surface area (Å²) in [4.78, 5) is 24.3. The highest BCUT2D eigenvalue weighted by molar-refractivity contribution is 5.99. The second-order valence-corrected chi connectivity index (χ2v) is 9.91. The van der Waals surface area contributed by atoms with E-state index in [0.29, 0.717) is 19.0 Å². The van der Waals surface area contributed by atoms with Crippen LogP contribution in [-0.2, 0) is 11.3 Å². The number of nitrogens with zero attached hydrogens (tertiary/aromatic N) is 4. The van der Waals surface area contributed by atoms with Crippen LogP contribution in [0.4, 0.5) is 0 Å². The summed E-state index contributed by atoms with van der Waals surface area (Å²) < 4.78 is 0. The van der Waals surface area contributed by atoms with E-state index in [1.54, 1.807) is 0 Å². The van der Waals surface area contributed by atoms with Crippen LogP contribution in [0.2, 0.25) is 0 Å². The molecule has 1 saturated heterocycles. The summed E-state index contributed by atoms with van der Waals surface area (Å²) in [6.45, 7) is 25.5. The van der Waals surface area contributed by atoms with Crippen LogP contribution in [0, 0.1) is 5.92 Å². The van der Waals surface area contributed by atoms with Crippen molar-refractivity contribution in [1.82, 2.24) is 20.0 Å². The van der Waals surface area contributed by atoms with Gasteiger partial charge in [0.25, 0.3) is 0 Å². The molecule has 1 fully saturated rings. The van der Waals surface area contributed by atoms with E-state index in [1.807, 2.05) is 45.6 Å². The molecule has 236 valence electrons. The number of allylic oxidation sites excluding steroid dienone is 2. The number of nitrogens with one attached hydrogen (secondary N) is 1. The van der Waals surface area contributed by atoms with Gasteiger partial charge in [-0.15, -0.1) is 6.58 Å². The monoisotopic (exact) mass is 581 g/mol. The lowest BCUT2D eigenvalue weighted by atomic mass is 10.1. The summed E-state index contributed by atoms with van der Waals surface area (Å²) in [7, 11) is 3.08. The number of aliphatic hydroxyl groups is 1. The molecule has 1 atom stereocenters. The largest absolute Gasteiger partial charge is 0.400 e. The first-order valence-corrected chi connectivity index (χ1v) is 15.5. The minimum absolute atomic E-state index is 0.152. The van der Waals surface area contributed by atoms with Crippen molar-refractivity contribution in [2.45, 2.75) is 68.4 Å². The van der Waals surface area contributed by atoms with Crippen molar-refractivity contribution in [3.63, 3.8) is 0 Å². The summed E-state index contributed by atoms with van der Waals surface area (Å²) in [5.74, 6) is 1.60. The van der Waals surface area contributed by atoms with Gasteiger partial charge >= 0.3 is 0 Å². The Morgan fingerprint density at radius 2 is 1.74 bits per heavy atom. The van der Waals surface area contributed by atoms with E-state index in [4.69, 9.17) is 5.11 Å². The number of rotatable bonds is 7. The molecule has 1 amide bonds. The molecule has 3 aliphatic heterocycles. The van der Waals surface area contributed by atoms with E-state index in [9.17, 15) is 4.79 Å². The van der Waals surface area contributed by atoms with Gasteiger partial charge in [-0.3, -0.25) is 14.7 Å². The van der Waals surface area contributed by atoms with Crippen LogP contribution in [-0.4, -0.2) is 85.0 Å². The number of benzene rings is 1. The van der Waals surface area contributed by atoms with Gasteiger partial charge in [0.05, 0.1) is 19.6 Å². The zero-order valence-electron chi connectivity index (χ0n) is 28.2. The van der Waals surface area contributed by atoms with Gasteiger partial charge in [-0.1, -0.05) is 76.6 Å². The second kappa shape index (κ2) is 22.4. The third-order valence-corrected chi connectivity index (χ3v) is 6.90. The molecule has 4 rings (SSSR count). The Bertz CT molecular complexity index is 1040. The number of hydrogen-bond donors (Lipinski definition) is 2. The van der Waals surface area contributed by atoms with Crippen molar-refractivity contribution in [3.05, 3.63) is 83.2 Å². The van der Waals surface area contributed by atoms with Crippen molar-refractivity contribution in [2.24, 2.45) is 10.9 Å². The molecule has 0 spiro atoms. The number of fused-ring (bicyclic) bond motifs is 1. The molecule has 3 aliphatic rings. The van der Waals surface area contributed by atoms with Crippen molar-refractivity contribution in [2.75, 3.05) is 53.4 Å². The van der Waals surface area contributed by atoms with Crippen molar-refractivity contribution < 1.29 is 9.90 Å². The molecule has 7 nitrogen and oxygen atoms in total. The quantitative estimate of drug-likeness (QED) is 0.373. The number of amides is 1. The Labute approximate surface area is 257 Å². The molecule has 2 N–H and O–H groups in total. The predicted octanol–water partition coefficient (Wildman–Crippen LogP) is 6.24. The molecule has 7 heteroatoms.